The van der Waals surface area contributed by atoms with Gasteiger partial charge in [0.1, 0.15) is 18.0 Å². The van der Waals surface area contributed by atoms with Gasteiger partial charge in [0.2, 0.25) is 0 Å². The topological polar surface area (TPSA) is 63.8 Å². The summed E-state index contributed by atoms with van der Waals surface area (Å²) in [5.74, 6) is 1.99. The zero-order chi connectivity index (χ0) is 15.1. The molecular formula is C17H24N4. The lowest BCUT2D eigenvalue weighted by Gasteiger charge is -2.15. The molecule has 1 heterocycles. The van der Waals surface area contributed by atoms with E-state index < -0.39 is 0 Å². The summed E-state index contributed by atoms with van der Waals surface area (Å²) < 4.78 is 0. The highest BCUT2D eigenvalue weighted by atomic mass is 15.0. The molecule has 0 saturated heterocycles. The monoisotopic (exact) mass is 284 g/mol. The lowest BCUT2D eigenvalue weighted by Crippen LogP contribution is -2.11. The molecule has 0 aliphatic heterocycles. The molecule has 4 heteroatoms. The van der Waals surface area contributed by atoms with E-state index >= 15 is 0 Å². The molecule has 21 heavy (non-hydrogen) atoms. The van der Waals surface area contributed by atoms with E-state index in [1.54, 1.807) is 0 Å². The molecule has 4 nitrogen and oxygen atoms in total. The van der Waals surface area contributed by atoms with Gasteiger partial charge in [-0.05, 0) is 24.3 Å². The Kier molecular flexibility index (Phi) is 5.55. The first kappa shape index (κ1) is 15.3. The summed E-state index contributed by atoms with van der Waals surface area (Å²) in [4.78, 5) is 8.40. The third-order valence-corrected chi connectivity index (χ3v) is 3.72. The Bertz CT molecular complexity index is 554. The van der Waals surface area contributed by atoms with Gasteiger partial charge in [0, 0.05) is 12.1 Å². The summed E-state index contributed by atoms with van der Waals surface area (Å²) in [7, 11) is 0. The molecule has 0 fully saturated rings. The van der Waals surface area contributed by atoms with Crippen LogP contribution in [0.1, 0.15) is 43.7 Å². The van der Waals surface area contributed by atoms with Gasteiger partial charge < -0.3 is 11.1 Å². The number of hydrogen-bond donors (Lipinski definition) is 2. The molecule has 0 aliphatic rings. The molecular weight excluding hydrogens is 260 g/mol. The molecule has 0 saturated carbocycles. The minimum absolute atomic E-state index is 0.521. The fraction of sp³-hybridized carbons (Fsp3) is 0.412. The number of nitrogens with one attached hydrogen (secondary N) is 1. The quantitative estimate of drug-likeness (QED) is 0.815. The highest BCUT2D eigenvalue weighted by Crippen LogP contribution is 2.21. The predicted molar refractivity (Wildman–Crippen MR) is 88.4 cm³/mol. The molecule has 0 aliphatic carbocycles. The van der Waals surface area contributed by atoms with Crippen LogP contribution in [0.5, 0.6) is 0 Å². The molecule has 0 bridgehead atoms. The molecule has 1 aromatic carbocycles. The highest BCUT2D eigenvalue weighted by molar-refractivity contribution is 5.54. The van der Waals surface area contributed by atoms with E-state index in [0.717, 1.165) is 37.2 Å². The minimum atomic E-state index is 0.521. The first-order chi connectivity index (χ1) is 10.2. The average Bonchev–Trinajstić information content (AvgIpc) is 2.51. The van der Waals surface area contributed by atoms with E-state index in [2.05, 4.69) is 59.5 Å². The third kappa shape index (κ3) is 4.18. The molecule has 3 N–H and O–H groups in total. The number of aromatic nitrogens is 2. The van der Waals surface area contributed by atoms with Crippen molar-refractivity contribution in [3.05, 3.63) is 47.8 Å². The largest absolute Gasteiger partial charge is 0.383 e. The fourth-order valence-corrected chi connectivity index (χ4v) is 2.43. The van der Waals surface area contributed by atoms with Gasteiger partial charge in [0.25, 0.3) is 0 Å². The summed E-state index contributed by atoms with van der Waals surface area (Å²) in [6.45, 7) is 5.26. The molecule has 2 rings (SSSR count). The van der Waals surface area contributed by atoms with Crippen molar-refractivity contribution in [1.82, 2.24) is 9.97 Å². The van der Waals surface area contributed by atoms with Gasteiger partial charge in [-0.1, -0.05) is 50.6 Å². The van der Waals surface area contributed by atoms with Crippen LogP contribution >= 0.6 is 0 Å². The third-order valence-electron chi connectivity index (χ3n) is 3.72. The Morgan fingerprint density at radius 3 is 2.67 bits per heavy atom. The molecule has 112 valence electrons. The van der Waals surface area contributed by atoms with Crippen LogP contribution in [0.15, 0.2) is 36.7 Å². The first-order valence-electron chi connectivity index (χ1n) is 7.60. The maximum atomic E-state index is 5.94. The van der Waals surface area contributed by atoms with Crippen LogP contribution < -0.4 is 11.1 Å². The second kappa shape index (κ2) is 7.62. The fourth-order valence-electron chi connectivity index (χ4n) is 2.43. The van der Waals surface area contributed by atoms with Gasteiger partial charge in [0.15, 0.2) is 0 Å². The number of nitrogens with zero attached hydrogens (tertiary/aromatic N) is 2. The Balaban J connectivity index is 1.93. The van der Waals surface area contributed by atoms with Crippen molar-refractivity contribution in [1.29, 1.82) is 0 Å². The summed E-state index contributed by atoms with van der Waals surface area (Å²) in [6, 6.07) is 10.6. The van der Waals surface area contributed by atoms with Crippen LogP contribution in [0.4, 0.5) is 11.6 Å². The van der Waals surface area contributed by atoms with Crippen molar-refractivity contribution in [2.45, 2.75) is 39.0 Å². The van der Waals surface area contributed by atoms with E-state index in [-0.39, 0.29) is 0 Å². The van der Waals surface area contributed by atoms with Crippen molar-refractivity contribution >= 4 is 11.6 Å². The van der Waals surface area contributed by atoms with Crippen LogP contribution in [0.2, 0.25) is 0 Å². The molecule has 1 atom stereocenters. The van der Waals surface area contributed by atoms with E-state index in [1.165, 1.54) is 11.9 Å². The SMILES string of the molecule is CCCc1c(N)ncnc1NCCC(C)c1ccccc1. The Morgan fingerprint density at radius 2 is 1.95 bits per heavy atom. The van der Waals surface area contributed by atoms with Gasteiger partial charge in [-0.15, -0.1) is 0 Å². The number of hydrogen-bond acceptors (Lipinski definition) is 4. The highest BCUT2D eigenvalue weighted by Gasteiger charge is 2.09. The Morgan fingerprint density at radius 1 is 1.19 bits per heavy atom. The molecule has 0 spiro atoms. The number of rotatable bonds is 7. The lowest BCUT2D eigenvalue weighted by molar-refractivity contribution is 0.703. The number of benzene rings is 1. The van der Waals surface area contributed by atoms with E-state index in [1.807, 2.05) is 0 Å². The van der Waals surface area contributed by atoms with Crippen LogP contribution in [0.25, 0.3) is 0 Å². The van der Waals surface area contributed by atoms with Crippen molar-refractivity contribution < 1.29 is 0 Å². The summed E-state index contributed by atoms with van der Waals surface area (Å²) in [5.41, 5.74) is 8.34. The van der Waals surface area contributed by atoms with E-state index in [4.69, 9.17) is 5.73 Å². The van der Waals surface area contributed by atoms with Crippen molar-refractivity contribution in [3.8, 4) is 0 Å². The summed E-state index contributed by atoms with van der Waals surface area (Å²) in [5, 5.41) is 3.41. The Hall–Kier alpha value is -2.10. The zero-order valence-corrected chi connectivity index (χ0v) is 12.8. The average molecular weight is 284 g/mol. The molecule has 1 aromatic heterocycles. The first-order valence-corrected chi connectivity index (χ1v) is 7.60. The van der Waals surface area contributed by atoms with E-state index in [0.29, 0.717) is 11.7 Å². The number of nitrogen functional groups attached to an aromatic ring is 1. The molecule has 0 radical (unpaired) electrons. The van der Waals surface area contributed by atoms with Gasteiger partial charge in [-0.2, -0.15) is 0 Å². The van der Waals surface area contributed by atoms with Crippen molar-refractivity contribution in [3.63, 3.8) is 0 Å². The molecule has 1 unspecified atom stereocenters. The van der Waals surface area contributed by atoms with Gasteiger partial charge in [0.05, 0.1) is 0 Å². The lowest BCUT2D eigenvalue weighted by atomic mass is 9.98. The maximum Gasteiger partial charge on any atom is 0.134 e. The number of anilines is 2. The predicted octanol–water partition coefficient (Wildman–Crippen LogP) is 3.62. The molecule has 0 amide bonds. The van der Waals surface area contributed by atoms with Crippen molar-refractivity contribution in [2.75, 3.05) is 17.6 Å². The van der Waals surface area contributed by atoms with E-state index in [9.17, 15) is 0 Å². The van der Waals surface area contributed by atoms with Crippen molar-refractivity contribution in [2.24, 2.45) is 0 Å². The number of nitrogens with two attached hydrogens (primary N) is 1. The van der Waals surface area contributed by atoms with Crippen LogP contribution in [0.3, 0.4) is 0 Å². The maximum absolute atomic E-state index is 5.94. The summed E-state index contributed by atoms with van der Waals surface area (Å²) >= 11 is 0. The van der Waals surface area contributed by atoms with Gasteiger partial charge >= 0.3 is 0 Å². The second-order valence-corrected chi connectivity index (χ2v) is 5.36. The van der Waals surface area contributed by atoms with Crippen LogP contribution in [-0.4, -0.2) is 16.5 Å². The second-order valence-electron chi connectivity index (χ2n) is 5.36. The smallest absolute Gasteiger partial charge is 0.134 e. The van der Waals surface area contributed by atoms with Crippen LogP contribution in [0, 0.1) is 0 Å². The Labute approximate surface area is 126 Å². The van der Waals surface area contributed by atoms with Gasteiger partial charge in [-0.25, -0.2) is 9.97 Å². The molecule has 2 aromatic rings. The minimum Gasteiger partial charge on any atom is -0.383 e. The van der Waals surface area contributed by atoms with Gasteiger partial charge in [-0.3, -0.25) is 0 Å². The van der Waals surface area contributed by atoms with Crippen LogP contribution in [-0.2, 0) is 6.42 Å². The standard InChI is InChI=1S/C17H24N4/c1-3-7-15-16(18)20-12-21-17(15)19-11-10-13(2)14-8-5-4-6-9-14/h4-6,8-9,12-13H,3,7,10-11H2,1-2H3,(H3,18,19,20,21). The zero-order valence-electron chi connectivity index (χ0n) is 12.8. The summed E-state index contributed by atoms with van der Waals surface area (Å²) in [6.07, 6.45) is 4.52. The normalized spacial score (nSPS) is 12.1.